The van der Waals surface area contributed by atoms with Gasteiger partial charge >= 0.3 is 0 Å². The first kappa shape index (κ1) is 20.9. The van der Waals surface area contributed by atoms with Crippen molar-refractivity contribution in [3.63, 3.8) is 0 Å². The van der Waals surface area contributed by atoms with Crippen molar-refractivity contribution in [3.05, 3.63) is 66.2 Å². The van der Waals surface area contributed by atoms with E-state index in [4.69, 9.17) is 14.5 Å². The Morgan fingerprint density at radius 1 is 0.968 bits per heavy atom. The number of aromatic nitrogens is 2. The van der Waals surface area contributed by atoms with Crippen LogP contribution < -0.4 is 4.74 Å². The van der Waals surface area contributed by atoms with E-state index in [1.807, 2.05) is 24.3 Å². The molecule has 0 saturated carbocycles. The predicted octanol–water partition coefficient (Wildman–Crippen LogP) is 5.85. The number of phenolic OH excluding ortho intramolecular Hbond substituents is 1. The Morgan fingerprint density at radius 2 is 1.74 bits per heavy atom. The molecule has 5 heteroatoms. The van der Waals surface area contributed by atoms with Crippen LogP contribution in [0.2, 0.25) is 0 Å². The van der Waals surface area contributed by atoms with Crippen LogP contribution in [0.15, 0.2) is 60.7 Å². The Hall–Kier alpha value is -3.31. The summed E-state index contributed by atoms with van der Waals surface area (Å²) < 4.78 is 13.3. The first-order valence-corrected chi connectivity index (χ1v) is 10.5. The summed E-state index contributed by atoms with van der Waals surface area (Å²) in [6.45, 7) is 5.58. The van der Waals surface area contributed by atoms with E-state index in [2.05, 4.69) is 42.7 Å². The summed E-state index contributed by atoms with van der Waals surface area (Å²) in [5.74, 6) is 2.32. The lowest BCUT2D eigenvalue weighted by Gasteiger charge is -2.12. The monoisotopic (exact) mass is 416 g/mol. The van der Waals surface area contributed by atoms with E-state index >= 15 is 0 Å². The van der Waals surface area contributed by atoms with Gasteiger partial charge in [0, 0.05) is 24.8 Å². The summed E-state index contributed by atoms with van der Waals surface area (Å²) in [5, 5.41) is 10.0. The third kappa shape index (κ3) is 4.01. The van der Waals surface area contributed by atoms with Crippen molar-refractivity contribution in [1.82, 2.24) is 9.55 Å². The molecule has 0 atom stereocenters. The maximum Gasteiger partial charge on any atom is 0.144 e. The van der Waals surface area contributed by atoms with E-state index in [0.717, 1.165) is 39.3 Å². The van der Waals surface area contributed by atoms with E-state index in [1.54, 1.807) is 26.4 Å². The molecule has 3 aromatic carbocycles. The summed E-state index contributed by atoms with van der Waals surface area (Å²) in [7, 11) is 3.37. The van der Waals surface area contributed by atoms with Crippen LogP contribution in [0, 0.1) is 0 Å². The maximum atomic E-state index is 10.0. The number of benzene rings is 3. The standard InChI is InChI=1S/C26H28N2O3/c1-17(2)18-8-10-19(11-9-18)26-27-24-22(20-6-5-7-21(29)16-20)12-13-23(31-4)25(24)28(26)14-15-30-3/h5-13,16-17,29H,14-15H2,1-4H3. The van der Waals surface area contributed by atoms with Crippen LogP contribution in [0.5, 0.6) is 11.5 Å². The topological polar surface area (TPSA) is 56.5 Å². The Bertz CT molecular complexity index is 1190. The normalized spacial score (nSPS) is 11.4. The van der Waals surface area contributed by atoms with Gasteiger partial charge in [-0.05, 0) is 41.3 Å². The second-order valence-electron chi connectivity index (χ2n) is 7.92. The molecule has 31 heavy (non-hydrogen) atoms. The van der Waals surface area contributed by atoms with Crippen molar-refractivity contribution < 1.29 is 14.6 Å². The molecule has 160 valence electrons. The van der Waals surface area contributed by atoms with Crippen LogP contribution in [0.25, 0.3) is 33.5 Å². The third-order valence-corrected chi connectivity index (χ3v) is 5.59. The number of nitrogens with zero attached hydrogens (tertiary/aromatic N) is 2. The van der Waals surface area contributed by atoms with Crippen LogP contribution in [-0.4, -0.2) is 35.5 Å². The molecule has 1 heterocycles. The van der Waals surface area contributed by atoms with Crippen molar-refractivity contribution in [3.8, 4) is 34.0 Å². The van der Waals surface area contributed by atoms with Gasteiger partial charge in [-0.15, -0.1) is 0 Å². The number of imidazole rings is 1. The average Bonchev–Trinajstić information content (AvgIpc) is 3.16. The fourth-order valence-electron chi connectivity index (χ4n) is 3.92. The first-order chi connectivity index (χ1) is 15.0. The number of methoxy groups -OCH3 is 2. The van der Waals surface area contributed by atoms with Crippen molar-refractivity contribution in [2.24, 2.45) is 0 Å². The molecular formula is C26H28N2O3. The Labute approximate surface area is 182 Å². The lowest BCUT2D eigenvalue weighted by atomic mass is 10.0. The molecule has 0 aliphatic rings. The zero-order valence-electron chi connectivity index (χ0n) is 18.4. The number of ether oxygens (including phenoxy) is 2. The largest absolute Gasteiger partial charge is 0.508 e. The molecule has 5 nitrogen and oxygen atoms in total. The van der Waals surface area contributed by atoms with Gasteiger partial charge < -0.3 is 19.1 Å². The van der Waals surface area contributed by atoms with E-state index in [9.17, 15) is 5.11 Å². The van der Waals surface area contributed by atoms with Gasteiger partial charge in [0.1, 0.15) is 28.4 Å². The smallest absolute Gasteiger partial charge is 0.144 e. The van der Waals surface area contributed by atoms with Gasteiger partial charge in [0.05, 0.1) is 13.7 Å². The summed E-state index contributed by atoms with van der Waals surface area (Å²) in [5.41, 5.74) is 5.95. The number of rotatable bonds is 7. The highest BCUT2D eigenvalue weighted by Crippen LogP contribution is 2.38. The summed E-state index contributed by atoms with van der Waals surface area (Å²) in [6.07, 6.45) is 0. The molecule has 0 aliphatic carbocycles. The van der Waals surface area contributed by atoms with Gasteiger partial charge in [0.2, 0.25) is 0 Å². The van der Waals surface area contributed by atoms with Crippen molar-refractivity contribution in [1.29, 1.82) is 0 Å². The maximum absolute atomic E-state index is 10.0. The minimum Gasteiger partial charge on any atom is -0.508 e. The molecule has 4 aromatic rings. The fourth-order valence-corrected chi connectivity index (χ4v) is 3.92. The molecule has 1 aromatic heterocycles. The van der Waals surface area contributed by atoms with E-state index in [0.29, 0.717) is 19.1 Å². The van der Waals surface area contributed by atoms with E-state index in [-0.39, 0.29) is 5.75 Å². The van der Waals surface area contributed by atoms with Crippen LogP contribution in [-0.2, 0) is 11.3 Å². The van der Waals surface area contributed by atoms with Gasteiger partial charge in [-0.2, -0.15) is 0 Å². The molecular weight excluding hydrogens is 388 g/mol. The third-order valence-electron chi connectivity index (χ3n) is 5.59. The molecule has 0 bridgehead atoms. The summed E-state index contributed by atoms with van der Waals surface area (Å²) >= 11 is 0. The molecule has 4 rings (SSSR count). The molecule has 0 amide bonds. The van der Waals surface area contributed by atoms with Crippen molar-refractivity contribution >= 4 is 11.0 Å². The molecule has 0 unspecified atom stereocenters. The molecule has 0 aliphatic heterocycles. The highest BCUT2D eigenvalue weighted by atomic mass is 16.5. The lowest BCUT2D eigenvalue weighted by molar-refractivity contribution is 0.188. The van der Waals surface area contributed by atoms with Crippen LogP contribution in [0.3, 0.4) is 0 Å². The predicted molar refractivity (Wildman–Crippen MR) is 125 cm³/mol. The fraction of sp³-hybridized carbons (Fsp3) is 0.269. The van der Waals surface area contributed by atoms with Crippen LogP contribution in [0.1, 0.15) is 25.3 Å². The number of hydrogen-bond donors (Lipinski definition) is 1. The minimum absolute atomic E-state index is 0.227. The van der Waals surface area contributed by atoms with Crippen molar-refractivity contribution in [2.45, 2.75) is 26.3 Å². The summed E-state index contributed by atoms with van der Waals surface area (Å²) in [6, 6.07) is 19.8. The average molecular weight is 417 g/mol. The zero-order chi connectivity index (χ0) is 22.0. The van der Waals surface area contributed by atoms with Gasteiger partial charge in [0.15, 0.2) is 0 Å². The second kappa shape index (κ2) is 8.82. The number of phenols is 1. The number of hydrogen-bond acceptors (Lipinski definition) is 4. The molecule has 1 N–H and O–H groups in total. The Balaban J connectivity index is 1.98. The minimum atomic E-state index is 0.227. The van der Waals surface area contributed by atoms with E-state index < -0.39 is 0 Å². The lowest BCUT2D eigenvalue weighted by Crippen LogP contribution is -2.07. The Kier molecular flexibility index (Phi) is 5.96. The molecule has 0 spiro atoms. The highest BCUT2D eigenvalue weighted by Gasteiger charge is 2.20. The first-order valence-electron chi connectivity index (χ1n) is 10.5. The molecule has 0 fully saturated rings. The number of fused-ring (bicyclic) bond motifs is 1. The van der Waals surface area contributed by atoms with Gasteiger partial charge in [0.25, 0.3) is 0 Å². The zero-order valence-corrected chi connectivity index (χ0v) is 18.4. The molecule has 0 radical (unpaired) electrons. The Morgan fingerprint density at radius 3 is 2.39 bits per heavy atom. The van der Waals surface area contributed by atoms with E-state index in [1.165, 1.54) is 5.56 Å². The van der Waals surface area contributed by atoms with Crippen molar-refractivity contribution in [2.75, 3.05) is 20.8 Å². The highest BCUT2D eigenvalue weighted by molar-refractivity contribution is 5.98. The number of aromatic hydroxyl groups is 1. The van der Waals surface area contributed by atoms with Gasteiger partial charge in [-0.1, -0.05) is 50.2 Å². The molecule has 0 saturated heterocycles. The van der Waals surface area contributed by atoms with Gasteiger partial charge in [-0.25, -0.2) is 4.98 Å². The van der Waals surface area contributed by atoms with Crippen LogP contribution in [0.4, 0.5) is 0 Å². The SMILES string of the molecule is COCCn1c(-c2ccc(C(C)C)cc2)nc2c(-c3cccc(O)c3)ccc(OC)c21. The van der Waals surface area contributed by atoms with Gasteiger partial charge in [-0.3, -0.25) is 0 Å². The second-order valence-corrected chi connectivity index (χ2v) is 7.92. The van der Waals surface area contributed by atoms with Crippen LogP contribution >= 0.6 is 0 Å². The summed E-state index contributed by atoms with van der Waals surface area (Å²) in [4.78, 5) is 5.07. The quantitative estimate of drug-likeness (QED) is 0.410.